The first-order chi connectivity index (χ1) is 17.4. The molecule has 1 aliphatic carbocycles. The van der Waals surface area contributed by atoms with Crippen LogP contribution in [0, 0.1) is 28.9 Å². The Labute approximate surface area is 210 Å². The molecule has 194 valence electrons. The fraction of sp³-hybridized carbons (Fsp3) is 0.538. The van der Waals surface area contributed by atoms with Gasteiger partial charge in [-0.1, -0.05) is 43.9 Å². The summed E-state index contributed by atoms with van der Waals surface area (Å²) in [4.78, 5) is 28.2. The van der Waals surface area contributed by atoms with Crippen molar-refractivity contribution >= 4 is 5.69 Å². The number of nitrogens with zero attached hydrogens (tertiary/aromatic N) is 3. The minimum absolute atomic E-state index is 0.0210. The summed E-state index contributed by atoms with van der Waals surface area (Å²) < 4.78 is 23.2. The van der Waals surface area contributed by atoms with Crippen LogP contribution in [-0.4, -0.2) is 41.9 Å². The van der Waals surface area contributed by atoms with Gasteiger partial charge in [0.05, 0.1) is 23.7 Å². The molecule has 3 rings (SSSR count). The minimum Gasteiger partial charge on any atom is -0.493 e. The molecule has 1 saturated carbocycles. The van der Waals surface area contributed by atoms with Gasteiger partial charge in [0.15, 0.2) is 11.5 Å². The summed E-state index contributed by atoms with van der Waals surface area (Å²) in [5, 5.41) is 11.7. The Balaban J connectivity index is 1.78. The molecule has 36 heavy (non-hydrogen) atoms. The zero-order valence-corrected chi connectivity index (χ0v) is 21.1. The van der Waals surface area contributed by atoms with Crippen LogP contribution in [0.2, 0.25) is 0 Å². The zero-order chi connectivity index (χ0) is 25.9. The van der Waals surface area contributed by atoms with E-state index in [2.05, 4.69) is 16.8 Å². The Morgan fingerprint density at radius 2 is 1.75 bits per heavy atom. The monoisotopic (exact) mass is 499 g/mol. The van der Waals surface area contributed by atoms with Gasteiger partial charge in [-0.3, -0.25) is 14.7 Å². The van der Waals surface area contributed by atoms with E-state index >= 15 is 0 Å². The second kappa shape index (κ2) is 13.5. The smallest absolute Gasteiger partial charge is 0.351 e. The Hall–Kier alpha value is -3.58. The molecule has 0 aliphatic heterocycles. The lowest BCUT2D eigenvalue weighted by Crippen LogP contribution is -2.28. The highest BCUT2D eigenvalue weighted by Gasteiger charge is 2.22. The number of hydrogen-bond acceptors (Lipinski definition) is 8. The molecular weight excluding hydrogens is 466 g/mol. The fourth-order valence-electron chi connectivity index (χ4n) is 4.26. The normalized spacial score (nSPS) is 14.2. The number of nitro benzene ring substituents is 1. The summed E-state index contributed by atoms with van der Waals surface area (Å²) in [5.74, 6) is 6.15. The third kappa shape index (κ3) is 7.21. The maximum Gasteiger partial charge on any atom is 0.351 e. The quantitative estimate of drug-likeness (QED) is 0.284. The number of rotatable bonds is 9. The topological polar surface area (TPSA) is 115 Å². The summed E-state index contributed by atoms with van der Waals surface area (Å²) >= 11 is 0. The molecule has 0 atom stereocenters. The van der Waals surface area contributed by atoms with Gasteiger partial charge in [0.25, 0.3) is 5.69 Å². The number of methoxy groups -OCH3 is 2. The van der Waals surface area contributed by atoms with Crippen LogP contribution >= 0.6 is 0 Å². The maximum absolute atomic E-state index is 12.8. The van der Waals surface area contributed by atoms with Crippen molar-refractivity contribution in [2.24, 2.45) is 0 Å². The number of ether oxygens (including phenoxy) is 4. The molecule has 0 amide bonds. The Morgan fingerprint density at radius 1 is 1.06 bits per heavy atom. The van der Waals surface area contributed by atoms with Crippen LogP contribution in [0.4, 0.5) is 5.69 Å². The predicted molar refractivity (Wildman–Crippen MR) is 134 cm³/mol. The lowest BCUT2D eigenvalue weighted by atomic mass is 9.96. The van der Waals surface area contributed by atoms with E-state index in [0.29, 0.717) is 11.3 Å². The van der Waals surface area contributed by atoms with Crippen molar-refractivity contribution in [3.05, 3.63) is 50.1 Å². The van der Waals surface area contributed by atoms with Gasteiger partial charge in [-0.15, -0.1) is 0 Å². The molecule has 1 aromatic heterocycles. The highest BCUT2D eigenvalue weighted by atomic mass is 16.6. The van der Waals surface area contributed by atoms with Crippen LogP contribution in [0.1, 0.15) is 62.1 Å². The lowest BCUT2D eigenvalue weighted by Gasteiger charge is -2.22. The summed E-state index contributed by atoms with van der Waals surface area (Å²) in [6.07, 6.45) is 9.52. The molecule has 0 bridgehead atoms. The van der Waals surface area contributed by atoms with E-state index in [1.165, 1.54) is 45.6 Å². The van der Waals surface area contributed by atoms with Crippen molar-refractivity contribution in [1.82, 2.24) is 9.55 Å². The Morgan fingerprint density at radius 3 is 2.42 bits per heavy atom. The number of nitro groups is 1. The van der Waals surface area contributed by atoms with Gasteiger partial charge < -0.3 is 18.9 Å². The van der Waals surface area contributed by atoms with Gasteiger partial charge in [-0.2, -0.15) is 4.98 Å². The summed E-state index contributed by atoms with van der Waals surface area (Å²) in [6.45, 7) is 1.93. The van der Waals surface area contributed by atoms with E-state index < -0.39 is 4.92 Å². The van der Waals surface area contributed by atoms with Crippen LogP contribution < -0.4 is 19.9 Å². The second-order valence-electron chi connectivity index (χ2n) is 8.67. The van der Waals surface area contributed by atoms with Gasteiger partial charge in [-0.25, -0.2) is 4.79 Å². The average Bonchev–Trinajstić information content (AvgIpc) is 2.84. The van der Waals surface area contributed by atoms with E-state index in [1.807, 2.05) is 6.92 Å². The predicted octanol–water partition coefficient (Wildman–Crippen LogP) is 4.36. The third-order valence-electron chi connectivity index (χ3n) is 6.12. The second-order valence-corrected chi connectivity index (χ2v) is 8.67. The summed E-state index contributed by atoms with van der Waals surface area (Å²) in [7, 11) is 2.97. The first kappa shape index (κ1) is 27.0. The van der Waals surface area contributed by atoms with Crippen LogP contribution in [0.25, 0.3) is 0 Å². The standard InChI is InChI=1S/C26H33N3O7/c1-19-17-28(21-11-7-5-4-6-8-12-21)26(30)27-25(19)36-18-20-15-23(34-3)24(16-22(20)29(31)32)35-14-10-9-13-33-2/h15-17,21H,4-8,11-14,18H2,1-3H3. The van der Waals surface area contributed by atoms with Gasteiger partial charge in [0.2, 0.25) is 5.88 Å². The Kier molecular flexibility index (Phi) is 10.1. The number of hydrogen-bond donors (Lipinski definition) is 0. The molecule has 1 heterocycles. The molecule has 1 aliphatic rings. The number of aromatic nitrogens is 2. The van der Waals surface area contributed by atoms with E-state index in [4.69, 9.17) is 18.9 Å². The summed E-state index contributed by atoms with van der Waals surface area (Å²) in [6, 6.07) is 2.90. The number of aryl methyl sites for hydroxylation is 1. The van der Waals surface area contributed by atoms with Crippen molar-refractivity contribution < 1.29 is 23.9 Å². The van der Waals surface area contributed by atoms with Gasteiger partial charge in [0, 0.05) is 24.9 Å². The van der Waals surface area contributed by atoms with Crippen molar-refractivity contribution in [1.29, 1.82) is 0 Å². The van der Waals surface area contributed by atoms with E-state index in [0.717, 1.165) is 25.7 Å². The van der Waals surface area contributed by atoms with Gasteiger partial charge >= 0.3 is 5.69 Å². The largest absolute Gasteiger partial charge is 0.493 e. The first-order valence-corrected chi connectivity index (χ1v) is 12.1. The molecule has 1 aromatic carbocycles. The zero-order valence-electron chi connectivity index (χ0n) is 21.1. The third-order valence-corrected chi connectivity index (χ3v) is 6.12. The molecule has 0 N–H and O–H groups in total. The summed E-state index contributed by atoms with van der Waals surface area (Å²) in [5.41, 5.74) is 0.392. The molecule has 0 spiro atoms. The van der Waals surface area contributed by atoms with E-state index in [1.54, 1.807) is 10.8 Å². The van der Waals surface area contributed by atoms with Crippen molar-refractivity contribution in [3.8, 4) is 29.2 Å². The molecular formula is C26H33N3O7. The van der Waals surface area contributed by atoms with Crippen LogP contribution in [-0.2, 0) is 11.3 Å². The molecule has 0 unspecified atom stereocenters. The highest BCUT2D eigenvalue weighted by Crippen LogP contribution is 2.35. The van der Waals surface area contributed by atoms with Crippen LogP contribution in [0.3, 0.4) is 0 Å². The Bertz CT molecular complexity index is 1160. The minimum atomic E-state index is -0.519. The average molecular weight is 500 g/mol. The molecule has 2 aromatic rings. The van der Waals surface area contributed by atoms with Gasteiger partial charge in [-0.05, 0) is 25.8 Å². The van der Waals surface area contributed by atoms with Crippen molar-refractivity contribution in [2.45, 2.75) is 64.5 Å². The molecule has 10 nitrogen and oxygen atoms in total. The molecule has 1 fully saturated rings. The SMILES string of the molecule is COCC#CCOc1cc([N+](=O)[O-])c(COc2nc(=O)n(C3CCCCCCC3)cc2C)cc1OC. The molecule has 0 radical (unpaired) electrons. The molecule has 0 saturated heterocycles. The lowest BCUT2D eigenvalue weighted by molar-refractivity contribution is -0.385. The first-order valence-electron chi connectivity index (χ1n) is 12.1. The van der Waals surface area contributed by atoms with Gasteiger partial charge in [0.1, 0.15) is 19.8 Å². The van der Waals surface area contributed by atoms with Crippen molar-refractivity contribution in [3.63, 3.8) is 0 Å². The van der Waals surface area contributed by atoms with Crippen molar-refractivity contribution in [2.75, 3.05) is 27.4 Å². The van der Waals surface area contributed by atoms with Crippen LogP contribution in [0.5, 0.6) is 17.4 Å². The van der Waals surface area contributed by atoms with E-state index in [-0.39, 0.29) is 54.4 Å². The molecule has 10 heteroatoms. The maximum atomic E-state index is 12.8. The number of benzene rings is 1. The fourth-order valence-corrected chi connectivity index (χ4v) is 4.26. The van der Waals surface area contributed by atoms with E-state index in [9.17, 15) is 14.9 Å². The van der Waals surface area contributed by atoms with Crippen LogP contribution in [0.15, 0.2) is 23.1 Å². The highest BCUT2D eigenvalue weighted by molar-refractivity contribution is 5.54.